The first-order chi connectivity index (χ1) is 9.61. The van der Waals surface area contributed by atoms with Crippen LogP contribution in [0.2, 0.25) is 0 Å². The highest BCUT2D eigenvalue weighted by Crippen LogP contribution is 2.28. The van der Waals surface area contributed by atoms with Crippen molar-refractivity contribution in [3.05, 3.63) is 35.1 Å². The summed E-state index contributed by atoms with van der Waals surface area (Å²) < 4.78 is 13.7. The molecule has 0 aliphatic heterocycles. The van der Waals surface area contributed by atoms with Crippen molar-refractivity contribution in [2.24, 2.45) is 17.6 Å². The summed E-state index contributed by atoms with van der Waals surface area (Å²) in [5.74, 6) is 0.114. The molecule has 0 radical (unpaired) electrons. The van der Waals surface area contributed by atoms with Gasteiger partial charge in [0.15, 0.2) is 0 Å². The molecular weight excluding hydrogens is 255 g/mol. The monoisotopic (exact) mass is 278 g/mol. The fourth-order valence-corrected chi connectivity index (χ4v) is 2.99. The number of rotatable bonds is 4. The van der Waals surface area contributed by atoms with Gasteiger partial charge in [-0.25, -0.2) is 4.39 Å². The molecule has 1 aliphatic carbocycles. The molecule has 2 rings (SSSR count). The molecule has 3 N–H and O–H groups in total. The Morgan fingerprint density at radius 1 is 1.35 bits per heavy atom. The minimum atomic E-state index is -0.457. The number of carbonyl (C=O) groups excluding carboxylic acids is 1. The summed E-state index contributed by atoms with van der Waals surface area (Å²) in [4.78, 5) is 12.0. The lowest BCUT2D eigenvalue weighted by Crippen LogP contribution is -2.37. The van der Waals surface area contributed by atoms with E-state index in [1.165, 1.54) is 18.9 Å². The smallest absolute Gasteiger partial charge is 0.254 e. The van der Waals surface area contributed by atoms with Crippen molar-refractivity contribution in [1.29, 1.82) is 0 Å². The van der Waals surface area contributed by atoms with Gasteiger partial charge in [0.05, 0.1) is 5.56 Å². The second-order valence-corrected chi connectivity index (χ2v) is 5.73. The largest absolute Gasteiger partial charge is 0.352 e. The van der Waals surface area contributed by atoms with Gasteiger partial charge in [-0.05, 0) is 55.8 Å². The quantitative estimate of drug-likeness (QED) is 0.889. The van der Waals surface area contributed by atoms with Crippen molar-refractivity contribution in [1.82, 2.24) is 5.32 Å². The predicted molar refractivity (Wildman–Crippen MR) is 78.0 cm³/mol. The van der Waals surface area contributed by atoms with E-state index in [0.717, 1.165) is 18.4 Å². The van der Waals surface area contributed by atoms with Crippen LogP contribution >= 0.6 is 0 Å². The minimum absolute atomic E-state index is 0.121. The molecule has 0 bridgehead atoms. The van der Waals surface area contributed by atoms with Gasteiger partial charge in [-0.3, -0.25) is 4.79 Å². The van der Waals surface area contributed by atoms with Crippen LogP contribution in [-0.2, 0) is 0 Å². The Bertz CT molecular complexity index is 476. The third kappa shape index (κ3) is 3.57. The Morgan fingerprint density at radius 3 is 2.70 bits per heavy atom. The van der Waals surface area contributed by atoms with Gasteiger partial charge in [0.25, 0.3) is 5.91 Å². The second kappa shape index (κ2) is 6.84. The molecule has 1 saturated carbocycles. The lowest BCUT2D eigenvalue weighted by atomic mass is 9.79. The topological polar surface area (TPSA) is 55.1 Å². The zero-order valence-electron chi connectivity index (χ0n) is 12.0. The molecule has 1 aromatic carbocycles. The van der Waals surface area contributed by atoms with E-state index >= 15 is 0 Å². The normalized spacial score (nSPS) is 22.6. The Morgan fingerprint density at radius 2 is 2.05 bits per heavy atom. The van der Waals surface area contributed by atoms with Crippen LogP contribution in [0.4, 0.5) is 4.39 Å². The summed E-state index contributed by atoms with van der Waals surface area (Å²) in [5.41, 5.74) is 6.71. The molecule has 0 saturated heterocycles. The molecule has 0 spiro atoms. The molecule has 1 aromatic rings. The zero-order chi connectivity index (χ0) is 14.5. The number of amides is 1. The highest BCUT2D eigenvalue weighted by molar-refractivity contribution is 5.94. The maximum absolute atomic E-state index is 13.7. The summed E-state index contributed by atoms with van der Waals surface area (Å²) in [6.45, 7) is 3.06. The molecule has 0 aromatic heterocycles. The van der Waals surface area contributed by atoms with Gasteiger partial charge >= 0.3 is 0 Å². The van der Waals surface area contributed by atoms with E-state index < -0.39 is 5.82 Å². The molecule has 3 nitrogen and oxygen atoms in total. The number of hydrogen-bond donors (Lipinski definition) is 2. The molecule has 2 unspecified atom stereocenters. The van der Waals surface area contributed by atoms with E-state index in [1.807, 2.05) is 0 Å². The van der Waals surface area contributed by atoms with Gasteiger partial charge in [0.1, 0.15) is 5.82 Å². The van der Waals surface area contributed by atoms with E-state index in [2.05, 4.69) is 5.32 Å². The summed E-state index contributed by atoms with van der Waals surface area (Å²) >= 11 is 0. The number of hydrogen-bond acceptors (Lipinski definition) is 2. The summed E-state index contributed by atoms with van der Waals surface area (Å²) in [6.07, 6.45) is 4.64. The third-order valence-corrected chi connectivity index (χ3v) is 4.26. The van der Waals surface area contributed by atoms with Crippen molar-refractivity contribution in [3.63, 3.8) is 0 Å². The molecule has 1 fully saturated rings. The Balaban J connectivity index is 1.94. The number of halogens is 1. The maximum atomic E-state index is 13.7. The van der Waals surface area contributed by atoms with Crippen molar-refractivity contribution in [3.8, 4) is 0 Å². The Hall–Kier alpha value is -1.42. The van der Waals surface area contributed by atoms with E-state index in [9.17, 15) is 9.18 Å². The SMILES string of the molecule is Cc1ccc(C(=O)NCC2CCCCC2CN)c(F)c1. The van der Waals surface area contributed by atoms with E-state index in [4.69, 9.17) is 5.73 Å². The molecule has 20 heavy (non-hydrogen) atoms. The average Bonchev–Trinajstić information content (AvgIpc) is 2.45. The summed E-state index contributed by atoms with van der Waals surface area (Å²) in [7, 11) is 0. The summed E-state index contributed by atoms with van der Waals surface area (Å²) in [5, 5.41) is 2.86. The van der Waals surface area contributed by atoms with Gasteiger partial charge in [0.2, 0.25) is 0 Å². The number of aryl methyl sites for hydroxylation is 1. The van der Waals surface area contributed by atoms with Crippen LogP contribution in [0.1, 0.15) is 41.6 Å². The number of carbonyl (C=O) groups is 1. The fourth-order valence-electron chi connectivity index (χ4n) is 2.99. The van der Waals surface area contributed by atoms with Gasteiger partial charge < -0.3 is 11.1 Å². The van der Waals surface area contributed by atoms with Gasteiger partial charge in [-0.1, -0.05) is 18.9 Å². The van der Waals surface area contributed by atoms with Crippen LogP contribution < -0.4 is 11.1 Å². The van der Waals surface area contributed by atoms with Crippen LogP contribution in [0.15, 0.2) is 18.2 Å². The number of benzene rings is 1. The highest BCUT2D eigenvalue weighted by atomic mass is 19.1. The standard InChI is InChI=1S/C16H23FN2O/c1-11-6-7-14(15(17)8-11)16(20)19-10-13-5-3-2-4-12(13)9-18/h6-8,12-13H,2-5,9-10,18H2,1H3,(H,19,20). The Kier molecular flexibility index (Phi) is 5.12. The van der Waals surface area contributed by atoms with Crippen LogP contribution in [0.5, 0.6) is 0 Å². The van der Waals surface area contributed by atoms with Crippen molar-refractivity contribution >= 4 is 5.91 Å². The van der Waals surface area contributed by atoms with Crippen molar-refractivity contribution in [2.45, 2.75) is 32.6 Å². The first kappa shape index (κ1) is 15.0. The molecule has 110 valence electrons. The van der Waals surface area contributed by atoms with E-state index in [-0.39, 0.29) is 11.5 Å². The predicted octanol–water partition coefficient (Wildman–Crippen LogP) is 2.63. The number of nitrogens with one attached hydrogen (secondary N) is 1. The number of nitrogens with two attached hydrogens (primary N) is 1. The molecule has 2 atom stereocenters. The van der Waals surface area contributed by atoms with Gasteiger partial charge in [-0.2, -0.15) is 0 Å². The van der Waals surface area contributed by atoms with Gasteiger partial charge in [-0.15, -0.1) is 0 Å². The van der Waals surface area contributed by atoms with Crippen LogP contribution in [0.3, 0.4) is 0 Å². The van der Waals surface area contributed by atoms with Crippen molar-refractivity contribution < 1.29 is 9.18 Å². The third-order valence-electron chi connectivity index (χ3n) is 4.26. The fraction of sp³-hybridized carbons (Fsp3) is 0.562. The average molecular weight is 278 g/mol. The molecule has 4 heteroatoms. The summed E-state index contributed by atoms with van der Waals surface area (Å²) in [6, 6.07) is 4.68. The van der Waals surface area contributed by atoms with Gasteiger partial charge in [0, 0.05) is 6.54 Å². The van der Waals surface area contributed by atoms with Crippen LogP contribution in [0.25, 0.3) is 0 Å². The van der Waals surface area contributed by atoms with E-state index in [1.54, 1.807) is 19.1 Å². The van der Waals surface area contributed by atoms with Crippen LogP contribution in [0, 0.1) is 24.6 Å². The molecular formula is C16H23FN2O. The van der Waals surface area contributed by atoms with Crippen molar-refractivity contribution in [2.75, 3.05) is 13.1 Å². The molecule has 1 amide bonds. The Labute approximate surface area is 119 Å². The molecule has 0 heterocycles. The maximum Gasteiger partial charge on any atom is 0.254 e. The lowest BCUT2D eigenvalue weighted by molar-refractivity contribution is 0.0931. The van der Waals surface area contributed by atoms with Crippen LogP contribution in [-0.4, -0.2) is 19.0 Å². The lowest BCUT2D eigenvalue weighted by Gasteiger charge is -2.30. The highest BCUT2D eigenvalue weighted by Gasteiger charge is 2.24. The minimum Gasteiger partial charge on any atom is -0.352 e. The zero-order valence-corrected chi connectivity index (χ0v) is 12.0. The molecule has 1 aliphatic rings. The first-order valence-electron chi connectivity index (χ1n) is 7.36. The first-order valence-corrected chi connectivity index (χ1v) is 7.36. The van der Waals surface area contributed by atoms with E-state index in [0.29, 0.717) is 24.9 Å². The second-order valence-electron chi connectivity index (χ2n) is 5.73.